The zero-order chi connectivity index (χ0) is 23.2. The predicted molar refractivity (Wildman–Crippen MR) is 131 cm³/mol. The molecule has 0 aliphatic carbocycles. The minimum Gasteiger partial charge on any atom is -0.409 e. The van der Waals surface area contributed by atoms with E-state index < -0.39 is 6.04 Å². The van der Waals surface area contributed by atoms with Gasteiger partial charge in [0.25, 0.3) is 5.91 Å². The van der Waals surface area contributed by atoms with E-state index in [-0.39, 0.29) is 17.6 Å². The van der Waals surface area contributed by atoms with E-state index in [4.69, 9.17) is 10.9 Å². The maximum Gasteiger partial charge on any atom is 0.252 e. The molecule has 1 unspecified atom stereocenters. The van der Waals surface area contributed by atoms with E-state index in [1.165, 1.54) is 11.3 Å². The van der Waals surface area contributed by atoms with E-state index in [1.54, 1.807) is 35.2 Å². The van der Waals surface area contributed by atoms with E-state index in [0.29, 0.717) is 23.4 Å². The van der Waals surface area contributed by atoms with Gasteiger partial charge in [-0.2, -0.15) is 0 Å². The first kappa shape index (κ1) is 22.3. The van der Waals surface area contributed by atoms with Crippen LogP contribution in [0.5, 0.6) is 0 Å². The van der Waals surface area contributed by atoms with Gasteiger partial charge in [0.15, 0.2) is 5.84 Å². The Bertz CT molecular complexity index is 1150. The van der Waals surface area contributed by atoms with Gasteiger partial charge in [0.2, 0.25) is 5.91 Å². The fourth-order valence-electron chi connectivity index (χ4n) is 3.73. The number of oxime groups is 1. The van der Waals surface area contributed by atoms with Gasteiger partial charge in [0.05, 0.1) is 0 Å². The maximum atomic E-state index is 13.2. The number of hydrogen-bond acceptors (Lipinski definition) is 6. The third-order valence-corrected chi connectivity index (χ3v) is 6.37. The van der Waals surface area contributed by atoms with Crippen LogP contribution in [0.15, 0.2) is 71.2 Å². The Morgan fingerprint density at radius 3 is 2.61 bits per heavy atom. The van der Waals surface area contributed by atoms with Crippen molar-refractivity contribution < 1.29 is 14.8 Å². The minimum absolute atomic E-state index is 0.0111. The second-order valence-corrected chi connectivity index (χ2v) is 8.68. The number of amidine groups is 1. The van der Waals surface area contributed by atoms with E-state index in [2.05, 4.69) is 15.8 Å². The molecule has 1 atom stereocenters. The number of nitrogens with one attached hydrogen (secondary N) is 2. The van der Waals surface area contributed by atoms with Gasteiger partial charge in [-0.3, -0.25) is 9.59 Å². The lowest BCUT2D eigenvalue weighted by Gasteiger charge is -2.27. The molecule has 8 nitrogen and oxygen atoms in total. The molecule has 3 aromatic rings. The van der Waals surface area contributed by atoms with Crippen molar-refractivity contribution in [2.24, 2.45) is 10.9 Å². The standard InChI is InChI=1S/C24H25N5O3S/c25-23(28-32)16-5-3-6-18(15-16)26-22(20-7-4-14-33-20)24(31)27-17-9-11-19(12-10-17)29-13-2-1-8-21(29)30/h3-7,9-12,14-15,22,26,32H,1-2,8,13H2,(H2,25,28)(H,27,31). The number of nitrogens with zero attached hydrogens (tertiary/aromatic N) is 2. The van der Waals surface area contributed by atoms with Crippen LogP contribution in [0.25, 0.3) is 0 Å². The summed E-state index contributed by atoms with van der Waals surface area (Å²) < 4.78 is 0. The van der Waals surface area contributed by atoms with Gasteiger partial charge in [0, 0.05) is 40.5 Å². The monoisotopic (exact) mass is 463 g/mol. The summed E-state index contributed by atoms with van der Waals surface area (Å²) in [5.74, 6) is -0.106. The molecule has 0 bridgehead atoms. The van der Waals surface area contributed by atoms with Gasteiger partial charge in [-0.15, -0.1) is 11.3 Å². The Kier molecular flexibility index (Phi) is 6.89. The summed E-state index contributed by atoms with van der Waals surface area (Å²) in [4.78, 5) is 28.0. The predicted octanol–water partition coefficient (Wildman–Crippen LogP) is 4.15. The first-order valence-corrected chi connectivity index (χ1v) is 11.5. The van der Waals surface area contributed by atoms with Crippen LogP contribution < -0.4 is 21.3 Å². The summed E-state index contributed by atoms with van der Waals surface area (Å²) in [6.45, 7) is 0.722. The average molecular weight is 464 g/mol. The summed E-state index contributed by atoms with van der Waals surface area (Å²) in [6.07, 6.45) is 2.50. The van der Waals surface area contributed by atoms with Gasteiger partial charge >= 0.3 is 0 Å². The molecule has 1 fully saturated rings. The SMILES string of the molecule is NC(=NO)c1cccc(NC(C(=O)Nc2ccc(N3CCCCC3=O)cc2)c2cccs2)c1. The number of carbonyl (C=O) groups excluding carboxylic acids is 2. The lowest BCUT2D eigenvalue weighted by Crippen LogP contribution is -2.35. The number of hydrogen-bond donors (Lipinski definition) is 4. The molecule has 1 aliphatic heterocycles. The smallest absolute Gasteiger partial charge is 0.252 e. The number of thiophene rings is 1. The van der Waals surface area contributed by atoms with Crippen LogP contribution in [0.4, 0.5) is 17.1 Å². The first-order valence-electron chi connectivity index (χ1n) is 10.6. The third-order valence-electron chi connectivity index (χ3n) is 5.44. The topological polar surface area (TPSA) is 120 Å². The largest absolute Gasteiger partial charge is 0.409 e. The summed E-state index contributed by atoms with van der Waals surface area (Å²) >= 11 is 1.47. The molecule has 9 heteroatoms. The lowest BCUT2D eigenvalue weighted by molar-refractivity contribution is -0.119. The van der Waals surface area contributed by atoms with Crippen LogP contribution in [-0.2, 0) is 9.59 Å². The summed E-state index contributed by atoms with van der Waals surface area (Å²) in [5, 5.41) is 20.1. The second-order valence-electron chi connectivity index (χ2n) is 7.70. The van der Waals surface area contributed by atoms with Crippen LogP contribution in [0, 0.1) is 0 Å². The van der Waals surface area contributed by atoms with Crippen LogP contribution in [0.1, 0.15) is 35.7 Å². The van der Waals surface area contributed by atoms with E-state index >= 15 is 0 Å². The van der Waals surface area contributed by atoms with Crippen molar-refractivity contribution in [1.82, 2.24) is 0 Å². The highest BCUT2D eigenvalue weighted by Crippen LogP contribution is 2.27. The highest BCUT2D eigenvalue weighted by atomic mass is 32.1. The first-order chi connectivity index (χ1) is 16.0. The Morgan fingerprint density at radius 1 is 1.09 bits per heavy atom. The summed E-state index contributed by atoms with van der Waals surface area (Å²) in [7, 11) is 0. The van der Waals surface area contributed by atoms with Crippen molar-refractivity contribution in [2.45, 2.75) is 25.3 Å². The molecular weight excluding hydrogens is 438 g/mol. The Hall–Kier alpha value is -3.85. The van der Waals surface area contributed by atoms with Crippen LogP contribution in [-0.4, -0.2) is 29.4 Å². The van der Waals surface area contributed by atoms with Crippen molar-refractivity contribution in [3.05, 3.63) is 76.5 Å². The number of nitrogens with two attached hydrogens (primary N) is 1. The van der Waals surface area contributed by atoms with Gasteiger partial charge in [-0.05, 0) is 60.7 Å². The fraction of sp³-hybridized carbons (Fsp3) is 0.208. The molecule has 0 spiro atoms. The molecule has 33 heavy (non-hydrogen) atoms. The highest BCUT2D eigenvalue weighted by Gasteiger charge is 2.23. The van der Waals surface area contributed by atoms with Gasteiger partial charge < -0.3 is 26.5 Å². The molecule has 2 amide bonds. The second kappa shape index (κ2) is 10.2. The molecule has 1 aromatic heterocycles. The van der Waals surface area contributed by atoms with Crippen molar-refractivity contribution in [3.63, 3.8) is 0 Å². The molecule has 0 radical (unpaired) electrons. The zero-order valence-corrected chi connectivity index (χ0v) is 18.7. The van der Waals surface area contributed by atoms with Gasteiger partial charge in [-0.25, -0.2) is 0 Å². The Balaban J connectivity index is 1.50. The number of benzene rings is 2. The van der Waals surface area contributed by atoms with Crippen LogP contribution in [0.3, 0.4) is 0 Å². The van der Waals surface area contributed by atoms with Crippen LogP contribution >= 0.6 is 11.3 Å². The molecule has 2 heterocycles. The highest BCUT2D eigenvalue weighted by molar-refractivity contribution is 7.10. The maximum absolute atomic E-state index is 13.2. The summed E-state index contributed by atoms with van der Waals surface area (Å²) in [6, 6.07) is 17.5. The number of carbonyl (C=O) groups is 2. The Labute approximate surface area is 195 Å². The number of piperidine rings is 1. The number of rotatable bonds is 7. The van der Waals surface area contributed by atoms with Crippen molar-refractivity contribution in [3.8, 4) is 0 Å². The zero-order valence-electron chi connectivity index (χ0n) is 17.9. The van der Waals surface area contributed by atoms with E-state index in [9.17, 15) is 9.59 Å². The molecule has 1 aliphatic rings. The number of amides is 2. The van der Waals surface area contributed by atoms with Gasteiger partial charge in [-0.1, -0.05) is 23.4 Å². The molecule has 170 valence electrons. The van der Waals surface area contributed by atoms with Crippen molar-refractivity contribution >= 4 is 46.0 Å². The average Bonchev–Trinajstić information content (AvgIpc) is 3.38. The molecular formula is C24H25N5O3S. The lowest BCUT2D eigenvalue weighted by atomic mass is 10.1. The van der Waals surface area contributed by atoms with E-state index in [0.717, 1.165) is 30.0 Å². The van der Waals surface area contributed by atoms with Crippen LogP contribution in [0.2, 0.25) is 0 Å². The molecule has 5 N–H and O–H groups in total. The van der Waals surface area contributed by atoms with E-state index in [1.807, 2.05) is 35.7 Å². The quantitative estimate of drug-likeness (QED) is 0.182. The summed E-state index contributed by atoms with van der Waals surface area (Å²) in [5.41, 5.74) is 8.37. The third kappa shape index (κ3) is 5.32. The van der Waals surface area contributed by atoms with Crippen molar-refractivity contribution in [1.29, 1.82) is 0 Å². The Morgan fingerprint density at radius 2 is 1.91 bits per heavy atom. The van der Waals surface area contributed by atoms with Crippen molar-refractivity contribution in [2.75, 3.05) is 22.1 Å². The van der Waals surface area contributed by atoms with Gasteiger partial charge in [0.1, 0.15) is 6.04 Å². The molecule has 0 saturated carbocycles. The normalized spacial score (nSPS) is 15.2. The molecule has 2 aromatic carbocycles. The number of anilines is 3. The molecule has 1 saturated heterocycles. The minimum atomic E-state index is -0.643. The fourth-order valence-corrected chi connectivity index (χ4v) is 4.51. The molecule has 4 rings (SSSR count).